The average molecular weight is 1410 g/mol. The number of carbonyl (C=O) groups excluding carboxylic acids is 13. The van der Waals surface area contributed by atoms with Crippen molar-refractivity contribution < 1.29 is 97.5 Å². The number of rotatable bonds is 47. The second-order valence-corrected chi connectivity index (χ2v) is 26.7. The van der Waals surface area contributed by atoms with Crippen molar-refractivity contribution in [2.45, 2.75) is 232 Å². The summed E-state index contributed by atoms with van der Waals surface area (Å²) in [5.74, 6) is -17.4. The number of nitrogens with two attached hydrogens (primary N) is 3. The Hall–Kier alpha value is -8.19. The van der Waals surface area contributed by atoms with E-state index in [-0.39, 0.29) is 69.4 Å². The number of nitrogens with zero attached hydrogens (tertiary/aromatic N) is 1. The SMILES string of the molecule is CC(C)C[C@H](NC(=O)[C@H](CCCCN)NC(=O)[C@H](CO)NC(=O)[C@@H](N)CCCCN)C(=O)NCC(=O)N[C@@H](CC(=O)O)C(=O)N[C@@H](CC(C)C)C(=O)N[C@H](C(=O)N[C@H](C(=O)N[C@H](C(=O)N[C@@H](CO)C(=O)N[C@@H](CC(C)C)C(=O)N1CCC[C@H]1C(=O)NCC(=O)O)C(C)C)[C@@H](C)O)C(C)C. The minimum atomic E-state index is -1.88. The summed E-state index contributed by atoms with van der Waals surface area (Å²) in [4.78, 5) is 202. The zero-order valence-corrected chi connectivity index (χ0v) is 58.9. The van der Waals surface area contributed by atoms with E-state index in [0.29, 0.717) is 38.6 Å². The number of hydrogen-bond acceptors (Lipinski definition) is 21. The highest BCUT2D eigenvalue weighted by molar-refractivity contribution is 6.00. The van der Waals surface area contributed by atoms with Crippen LogP contribution in [0.4, 0.5) is 0 Å². The van der Waals surface area contributed by atoms with Crippen molar-refractivity contribution in [3.63, 3.8) is 0 Å². The topological polar surface area (TPSA) is 583 Å². The lowest BCUT2D eigenvalue weighted by Gasteiger charge is -2.31. The van der Waals surface area contributed by atoms with Crippen molar-refractivity contribution in [3.05, 3.63) is 0 Å². The molecule has 0 aromatic heterocycles. The van der Waals surface area contributed by atoms with E-state index in [0.717, 1.165) is 6.92 Å². The molecule has 13 atom stereocenters. The molecular weight excluding hydrogens is 1300 g/mol. The van der Waals surface area contributed by atoms with Crippen molar-refractivity contribution in [3.8, 4) is 0 Å². The maximum absolute atomic E-state index is 14.2. The Kier molecular flexibility index (Phi) is 40.8. The number of carboxylic acids is 2. The van der Waals surface area contributed by atoms with Gasteiger partial charge >= 0.3 is 11.9 Å². The van der Waals surface area contributed by atoms with Gasteiger partial charge in [0.15, 0.2) is 0 Å². The monoisotopic (exact) mass is 1410 g/mol. The van der Waals surface area contributed by atoms with Crippen LogP contribution in [0.5, 0.6) is 0 Å². The molecule has 23 N–H and O–H groups in total. The average Bonchev–Trinajstić information content (AvgIpc) is 1.80. The third kappa shape index (κ3) is 32.6. The normalized spacial score (nSPS) is 16.6. The van der Waals surface area contributed by atoms with Gasteiger partial charge in [-0.1, -0.05) is 75.7 Å². The molecule has 36 nitrogen and oxygen atoms in total. The standard InChI is InChI=1S/C63H112N16O20/c1-31(2)23-39(71-54(90)38(18-13-15-21-65)70-57(93)43(29-80)74-52(88)37(66)17-12-14-20-64)53(89)67-27-46(83)69-41(26-47(84)85)55(91)72-40(24-32(3)4)56(92)76-50(35(9)10)61(97)78-51(36(11)82)62(98)77-49(34(7)8)60(96)75-44(30-81)58(94)73-42(25-33(5)6)63(99)79-22-16-19-45(79)59(95)68-28-48(86)87/h31-45,49-51,80-82H,12-30,64-66H2,1-11H3,(H,67,89)(H,68,95)(H,69,83)(H,70,93)(H,71,90)(H,72,91)(H,73,94)(H,74,88)(H,75,96)(H,76,92)(H,77,98)(H,78,97)(H,84,85)(H,86,87)/t36-,37+,38+,39+,40+,41+,42+,43+,44+,45+,49+,50+,51+/m1/s1. The van der Waals surface area contributed by atoms with Crippen LogP contribution >= 0.6 is 0 Å². The molecule has 0 bridgehead atoms. The number of unbranched alkanes of at least 4 members (excludes halogenated alkanes) is 2. The predicted octanol–water partition coefficient (Wildman–Crippen LogP) is -5.98. The third-order valence-electron chi connectivity index (χ3n) is 15.8. The van der Waals surface area contributed by atoms with Crippen LogP contribution in [0.2, 0.25) is 0 Å². The molecule has 1 heterocycles. The molecule has 0 aromatic rings. The molecule has 0 spiro atoms. The highest BCUT2D eigenvalue weighted by Crippen LogP contribution is 2.21. The van der Waals surface area contributed by atoms with E-state index in [1.165, 1.54) is 32.6 Å². The number of aliphatic carboxylic acids is 2. The molecule has 564 valence electrons. The van der Waals surface area contributed by atoms with Gasteiger partial charge in [-0.2, -0.15) is 0 Å². The van der Waals surface area contributed by atoms with Crippen molar-refractivity contribution in [2.75, 3.05) is 45.9 Å². The van der Waals surface area contributed by atoms with Gasteiger partial charge in [0.2, 0.25) is 76.8 Å². The maximum Gasteiger partial charge on any atom is 0.322 e. The van der Waals surface area contributed by atoms with E-state index in [9.17, 15) is 92.3 Å². The fourth-order valence-corrected chi connectivity index (χ4v) is 10.4. The maximum atomic E-state index is 14.2. The lowest BCUT2D eigenvalue weighted by Crippen LogP contribution is -2.63. The molecule has 0 radical (unpaired) electrons. The molecule has 36 heteroatoms. The van der Waals surface area contributed by atoms with Crippen LogP contribution in [0.15, 0.2) is 0 Å². The molecule has 0 aromatic carbocycles. The van der Waals surface area contributed by atoms with E-state index in [4.69, 9.17) is 22.3 Å². The third-order valence-corrected chi connectivity index (χ3v) is 15.8. The number of nitrogens with one attached hydrogen (secondary N) is 12. The minimum Gasteiger partial charge on any atom is -0.481 e. The number of hydrogen-bond donors (Lipinski definition) is 20. The first-order chi connectivity index (χ1) is 46.3. The Morgan fingerprint density at radius 1 is 0.434 bits per heavy atom. The Morgan fingerprint density at radius 3 is 1.31 bits per heavy atom. The van der Waals surface area contributed by atoms with Crippen molar-refractivity contribution in [1.82, 2.24) is 68.7 Å². The molecule has 0 aliphatic carbocycles. The number of amides is 13. The Labute approximate surface area is 577 Å². The summed E-state index contributed by atoms with van der Waals surface area (Å²) in [5.41, 5.74) is 17.1. The highest BCUT2D eigenvalue weighted by Gasteiger charge is 2.41. The van der Waals surface area contributed by atoms with E-state index < -0.39 is 212 Å². The van der Waals surface area contributed by atoms with E-state index in [2.05, 4.69) is 63.8 Å². The van der Waals surface area contributed by atoms with Gasteiger partial charge in [-0.15, -0.1) is 0 Å². The fourth-order valence-electron chi connectivity index (χ4n) is 10.4. The number of likely N-dealkylation sites (tertiary alicyclic amines) is 1. The highest BCUT2D eigenvalue weighted by atomic mass is 16.4. The second-order valence-electron chi connectivity index (χ2n) is 26.7. The zero-order valence-electron chi connectivity index (χ0n) is 58.9. The lowest BCUT2D eigenvalue weighted by atomic mass is 9.98. The molecule has 0 saturated carbocycles. The van der Waals surface area contributed by atoms with Gasteiger partial charge < -0.3 is 111 Å². The van der Waals surface area contributed by atoms with E-state index in [1.54, 1.807) is 41.5 Å². The fraction of sp³-hybridized carbons (Fsp3) is 0.762. The minimum absolute atomic E-state index is 0.00209. The van der Waals surface area contributed by atoms with Crippen molar-refractivity contribution in [1.29, 1.82) is 0 Å². The van der Waals surface area contributed by atoms with Gasteiger partial charge in [-0.25, -0.2) is 0 Å². The zero-order chi connectivity index (χ0) is 75.6. The van der Waals surface area contributed by atoms with Gasteiger partial charge in [0.25, 0.3) is 0 Å². The van der Waals surface area contributed by atoms with Crippen molar-refractivity contribution >= 4 is 88.7 Å². The molecule has 1 aliphatic heterocycles. The van der Waals surface area contributed by atoms with Gasteiger partial charge in [0.1, 0.15) is 73.0 Å². The first-order valence-corrected chi connectivity index (χ1v) is 33.7. The van der Waals surface area contributed by atoms with Crippen LogP contribution in [-0.4, -0.2) is 244 Å². The number of aliphatic hydroxyl groups is 3. The van der Waals surface area contributed by atoms with Gasteiger partial charge in [0.05, 0.1) is 38.3 Å². The molecule has 1 saturated heterocycles. The quantitative estimate of drug-likeness (QED) is 0.0252. The summed E-state index contributed by atoms with van der Waals surface area (Å²) < 4.78 is 0. The summed E-state index contributed by atoms with van der Waals surface area (Å²) in [6.45, 7) is 14.9. The lowest BCUT2D eigenvalue weighted by molar-refractivity contribution is -0.143. The van der Waals surface area contributed by atoms with Crippen LogP contribution in [0.3, 0.4) is 0 Å². The number of carboxylic acid groups (broad SMARTS) is 2. The molecule has 13 amide bonds. The Morgan fingerprint density at radius 2 is 0.838 bits per heavy atom. The molecule has 1 rings (SSSR count). The van der Waals surface area contributed by atoms with Crippen LogP contribution in [0.25, 0.3) is 0 Å². The summed E-state index contributed by atoms with van der Waals surface area (Å²) in [7, 11) is 0. The van der Waals surface area contributed by atoms with Crippen LogP contribution in [-0.2, 0) is 71.9 Å². The Balaban J connectivity index is 3.31. The van der Waals surface area contributed by atoms with E-state index in [1.807, 2.05) is 0 Å². The largest absolute Gasteiger partial charge is 0.481 e. The van der Waals surface area contributed by atoms with Gasteiger partial charge in [0, 0.05) is 6.54 Å². The van der Waals surface area contributed by atoms with E-state index >= 15 is 0 Å². The van der Waals surface area contributed by atoms with Crippen LogP contribution in [0.1, 0.15) is 153 Å². The number of aliphatic hydroxyl groups excluding tert-OH is 3. The predicted molar refractivity (Wildman–Crippen MR) is 358 cm³/mol. The molecule has 1 fully saturated rings. The first-order valence-electron chi connectivity index (χ1n) is 33.7. The van der Waals surface area contributed by atoms with Crippen molar-refractivity contribution in [2.24, 2.45) is 46.8 Å². The molecule has 0 unspecified atom stereocenters. The second kappa shape index (κ2) is 45.5. The van der Waals surface area contributed by atoms with Crippen LogP contribution < -0.4 is 81.0 Å². The summed E-state index contributed by atoms with van der Waals surface area (Å²) in [6, 6.07) is -17.4. The summed E-state index contributed by atoms with van der Waals surface area (Å²) >= 11 is 0. The molecule has 99 heavy (non-hydrogen) atoms. The Bertz CT molecular complexity index is 2720. The first kappa shape index (κ1) is 88.8. The van der Waals surface area contributed by atoms with Gasteiger partial charge in [-0.05, 0) is 114 Å². The number of carbonyl (C=O) groups is 15. The smallest absolute Gasteiger partial charge is 0.322 e. The molecular formula is C63H112N16O20. The van der Waals surface area contributed by atoms with Crippen LogP contribution in [0, 0.1) is 29.6 Å². The summed E-state index contributed by atoms with van der Waals surface area (Å²) in [6.07, 6.45) is 0.0174. The molecule has 1 aliphatic rings. The van der Waals surface area contributed by atoms with Gasteiger partial charge in [-0.3, -0.25) is 71.9 Å². The summed E-state index contributed by atoms with van der Waals surface area (Å²) in [5, 5.41) is 79.1.